The molecule has 0 N–H and O–H groups in total. The summed E-state index contributed by atoms with van der Waals surface area (Å²) in [6.45, 7) is 7.53. The standard InChI is InChI=1S/C32H35FN6O3/c1-5-42-32(41)27-15-34-39(30(27)26-14-25(26)28-18-37(4)36-35-28)22-9-6-8-21(13-22)23-10-7-11-24(29(23)33)31(40)38-16-19(2)12-20(3)17-38/h6-11,13,15,18-20,25-26H,5,12,14,16-17H2,1-4H3. The van der Waals surface area contributed by atoms with Gasteiger partial charge in [-0.3, -0.25) is 9.48 Å². The van der Waals surface area contributed by atoms with E-state index >= 15 is 4.39 Å². The third kappa shape index (κ3) is 5.21. The third-order valence-corrected chi connectivity index (χ3v) is 8.23. The molecule has 1 aliphatic heterocycles. The van der Waals surface area contributed by atoms with Crippen LogP contribution >= 0.6 is 0 Å². The van der Waals surface area contributed by atoms with Gasteiger partial charge in [-0.15, -0.1) is 5.10 Å². The molecule has 6 rings (SSSR count). The fourth-order valence-corrected chi connectivity index (χ4v) is 6.37. The van der Waals surface area contributed by atoms with E-state index in [0.717, 1.165) is 24.2 Å². The number of piperidine rings is 1. The van der Waals surface area contributed by atoms with Gasteiger partial charge in [-0.2, -0.15) is 5.10 Å². The number of ether oxygens (including phenoxy) is 1. The van der Waals surface area contributed by atoms with E-state index < -0.39 is 11.8 Å². The number of nitrogens with zero attached hydrogens (tertiary/aromatic N) is 6. The van der Waals surface area contributed by atoms with Crippen LogP contribution in [0.5, 0.6) is 0 Å². The number of benzene rings is 2. The average Bonchev–Trinajstić information content (AvgIpc) is 3.41. The molecule has 2 aromatic carbocycles. The summed E-state index contributed by atoms with van der Waals surface area (Å²) in [6, 6.07) is 12.3. The molecule has 218 valence electrons. The van der Waals surface area contributed by atoms with Crippen LogP contribution in [0.15, 0.2) is 54.9 Å². The van der Waals surface area contributed by atoms with E-state index in [2.05, 4.69) is 29.3 Å². The number of hydrogen-bond acceptors (Lipinski definition) is 6. The molecular formula is C32H35FN6O3. The average molecular weight is 571 g/mol. The van der Waals surface area contributed by atoms with E-state index in [4.69, 9.17) is 4.74 Å². The maximum atomic E-state index is 16.0. The molecule has 1 aliphatic carbocycles. The Morgan fingerprint density at radius 1 is 1.02 bits per heavy atom. The number of halogens is 1. The number of amides is 1. The summed E-state index contributed by atoms with van der Waals surface area (Å²) in [4.78, 5) is 28.1. The van der Waals surface area contributed by atoms with E-state index in [1.807, 2.05) is 37.5 Å². The van der Waals surface area contributed by atoms with Gasteiger partial charge in [0, 0.05) is 43.7 Å². The highest BCUT2D eigenvalue weighted by molar-refractivity contribution is 5.96. The number of esters is 1. The van der Waals surface area contributed by atoms with Gasteiger partial charge in [0.1, 0.15) is 11.4 Å². The molecule has 0 bridgehead atoms. The molecule has 2 aliphatic rings. The van der Waals surface area contributed by atoms with Gasteiger partial charge in [0.2, 0.25) is 0 Å². The number of rotatable bonds is 7. The minimum atomic E-state index is -0.539. The van der Waals surface area contributed by atoms with Crippen molar-refractivity contribution in [3.05, 3.63) is 83.2 Å². The molecule has 9 nitrogen and oxygen atoms in total. The minimum Gasteiger partial charge on any atom is -0.462 e. The van der Waals surface area contributed by atoms with Gasteiger partial charge < -0.3 is 9.64 Å². The lowest BCUT2D eigenvalue weighted by molar-refractivity contribution is 0.0524. The van der Waals surface area contributed by atoms with Crippen molar-refractivity contribution in [3.63, 3.8) is 0 Å². The van der Waals surface area contributed by atoms with Gasteiger partial charge in [0.15, 0.2) is 0 Å². The van der Waals surface area contributed by atoms with Crippen molar-refractivity contribution in [2.45, 2.75) is 45.4 Å². The van der Waals surface area contributed by atoms with Crippen LogP contribution in [0.4, 0.5) is 4.39 Å². The Kier molecular flexibility index (Phi) is 7.38. The first-order valence-corrected chi connectivity index (χ1v) is 14.5. The Labute approximate surface area is 244 Å². The Morgan fingerprint density at radius 3 is 2.50 bits per heavy atom. The molecule has 2 aromatic heterocycles. The van der Waals surface area contributed by atoms with Gasteiger partial charge in [-0.1, -0.05) is 43.3 Å². The summed E-state index contributed by atoms with van der Waals surface area (Å²) >= 11 is 0. The summed E-state index contributed by atoms with van der Waals surface area (Å²) in [6.07, 6.45) is 5.28. The Balaban J connectivity index is 1.35. The number of carbonyl (C=O) groups is 2. The fraction of sp³-hybridized carbons (Fsp3) is 0.406. The predicted molar refractivity (Wildman–Crippen MR) is 155 cm³/mol. The zero-order valence-corrected chi connectivity index (χ0v) is 24.3. The topological polar surface area (TPSA) is 95.1 Å². The molecule has 4 aromatic rings. The quantitative estimate of drug-likeness (QED) is 0.277. The SMILES string of the molecule is CCOC(=O)c1cnn(-c2cccc(-c3cccc(C(=O)N4CC(C)CC(C)C4)c3F)c2)c1C1CC1c1cn(C)nn1. The lowest BCUT2D eigenvalue weighted by atomic mass is 9.91. The van der Waals surface area contributed by atoms with Crippen molar-refractivity contribution in [2.75, 3.05) is 19.7 Å². The lowest BCUT2D eigenvalue weighted by Crippen LogP contribution is -2.42. The first-order chi connectivity index (χ1) is 20.2. The maximum absolute atomic E-state index is 16.0. The summed E-state index contributed by atoms with van der Waals surface area (Å²) in [5, 5.41) is 12.9. The number of hydrogen-bond donors (Lipinski definition) is 0. The van der Waals surface area contributed by atoms with Crippen molar-refractivity contribution in [1.29, 1.82) is 0 Å². The summed E-state index contributed by atoms with van der Waals surface area (Å²) in [5.74, 6) is -0.389. The van der Waals surface area contributed by atoms with Crippen LogP contribution in [0.3, 0.4) is 0 Å². The molecule has 42 heavy (non-hydrogen) atoms. The molecule has 1 saturated heterocycles. The molecule has 3 heterocycles. The monoisotopic (exact) mass is 570 g/mol. The van der Waals surface area contributed by atoms with Crippen LogP contribution < -0.4 is 0 Å². The number of aryl methyl sites for hydroxylation is 1. The molecule has 4 atom stereocenters. The number of carbonyl (C=O) groups excluding carboxylic acids is 2. The molecule has 4 unspecified atom stereocenters. The van der Waals surface area contributed by atoms with Gasteiger partial charge >= 0.3 is 5.97 Å². The predicted octanol–water partition coefficient (Wildman–Crippen LogP) is 5.37. The van der Waals surface area contributed by atoms with E-state index in [9.17, 15) is 9.59 Å². The van der Waals surface area contributed by atoms with Gasteiger partial charge in [-0.05, 0) is 55.4 Å². The minimum absolute atomic E-state index is 0.000672. The first kappa shape index (κ1) is 27.8. The fourth-order valence-electron chi connectivity index (χ4n) is 6.37. The highest BCUT2D eigenvalue weighted by Gasteiger charge is 2.46. The highest BCUT2D eigenvalue weighted by Crippen LogP contribution is 2.55. The second-order valence-electron chi connectivity index (χ2n) is 11.7. The van der Waals surface area contributed by atoms with Crippen molar-refractivity contribution in [3.8, 4) is 16.8 Å². The second kappa shape index (κ2) is 11.2. The molecule has 2 fully saturated rings. The first-order valence-electron chi connectivity index (χ1n) is 14.5. The normalized spacial score (nSPS) is 21.8. The van der Waals surface area contributed by atoms with Crippen molar-refractivity contribution < 1.29 is 18.7 Å². The van der Waals surface area contributed by atoms with Crippen molar-refractivity contribution in [1.82, 2.24) is 29.7 Å². The van der Waals surface area contributed by atoms with Gasteiger partial charge in [0.25, 0.3) is 5.91 Å². The van der Waals surface area contributed by atoms with E-state index in [0.29, 0.717) is 47.3 Å². The molecule has 1 saturated carbocycles. The highest BCUT2D eigenvalue weighted by atomic mass is 19.1. The molecule has 10 heteroatoms. The van der Waals surface area contributed by atoms with Crippen LogP contribution in [0, 0.1) is 17.7 Å². The van der Waals surface area contributed by atoms with Crippen LogP contribution in [0.2, 0.25) is 0 Å². The number of aromatic nitrogens is 5. The Bertz CT molecular complexity index is 1630. The Hall–Kier alpha value is -4.34. The largest absolute Gasteiger partial charge is 0.462 e. The van der Waals surface area contributed by atoms with Crippen LogP contribution in [0.25, 0.3) is 16.8 Å². The molecular weight excluding hydrogens is 535 g/mol. The van der Waals surface area contributed by atoms with Gasteiger partial charge in [0.05, 0.1) is 35.4 Å². The smallest absolute Gasteiger partial charge is 0.341 e. The third-order valence-electron chi connectivity index (χ3n) is 8.23. The van der Waals surface area contributed by atoms with Crippen LogP contribution in [-0.2, 0) is 11.8 Å². The molecule has 0 spiro atoms. The zero-order valence-electron chi connectivity index (χ0n) is 24.3. The zero-order chi connectivity index (χ0) is 29.5. The van der Waals surface area contributed by atoms with Crippen LogP contribution in [0.1, 0.15) is 77.6 Å². The van der Waals surface area contributed by atoms with E-state index in [1.54, 1.807) is 39.4 Å². The van der Waals surface area contributed by atoms with E-state index in [-0.39, 0.29) is 29.9 Å². The molecule has 1 amide bonds. The van der Waals surface area contributed by atoms with E-state index in [1.165, 1.54) is 6.20 Å². The van der Waals surface area contributed by atoms with Crippen LogP contribution in [-0.4, -0.2) is 61.2 Å². The second-order valence-corrected chi connectivity index (χ2v) is 11.7. The maximum Gasteiger partial charge on any atom is 0.341 e. The number of likely N-dealkylation sites (tertiary alicyclic amines) is 1. The summed E-state index contributed by atoms with van der Waals surface area (Å²) < 4.78 is 24.7. The van der Waals surface area contributed by atoms with Gasteiger partial charge in [-0.25, -0.2) is 13.9 Å². The Morgan fingerprint density at radius 2 is 1.79 bits per heavy atom. The molecule has 0 radical (unpaired) electrons. The summed E-state index contributed by atoms with van der Waals surface area (Å²) in [5.41, 5.74) is 3.71. The summed E-state index contributed by atoms with van der Waals surface area (Å²) in [7, 11) is 1.82. The van der Waals surface area contributed by atoms with Crippen molar-refractivity contribution >= 4 is 11.9 Å². The van der Waals surface area contributed by atoms with Crippen molar-refractivity contribution in [2.24, 2.45) is 18.9 Å². The lowest BCUT2D eigenvalue weighted by Gasteiger charge is -2.35.